The van der Waals surface area contributed by atoms with Crippen LogP contribution in [-0.4, -0.2) is 16.5 Å². The molecule has 0 amide bonds. The second-order valence-corrected chi connectivity index (χ2v) is 6.34. The molecule has 2 unspecified atom stereocenters. The van der Waals surface area contributed by atoms with E-state index in [1.807, 2.05) is 0 Å². The van der Waals surface area contributed by atoms with E-state index >= 15 is 0 Å². The van der Waals surface area contributed by atoms with Gasteiger partial charge in [-0.15, -0.1) is 11.6 Å². The molecule has 4 bridgehead atoms. The monoisotopic (exact) mass is 211 g/mol. The summed E-state index contributed by atoms with van der Waals surface area (Å²) in [6.07, 6.45) is 8.41. The smallest absolute Gasteiger partial charge is 0.211 e. The fourth-order valence-electron chi connectivity index (χ4n) is 4.33. The first-order valence-corrected chi connectivity index (χ1v) is 5.79. The SMILES string of the molecule is O=C=NC12CC3CC(CC(Cl)(C3)C1)C2. The molecular formula is C11H14ClNO. The van der Waals surface area contributed by atoms with Crippen molar-refractivity contribution >= 4 is 17.7 Å². The van der Waals surface area contributed by atoms with Crippen LogP contribution in [0.4, 0.5) is 0 Å². The summed E-state index contributed by atoms with van der Waals surface area (Å²) in [7, 11) is 0. The summed E-state index contributed by atoms with van der Waals surface area (Å²) in [4.78, 5) is 14.5. The molecule has 0 radical (unpaired) electrons. The topological polar surface area (TPSA) is 29.4 Å². The highest BCUT2D eigenvalue weighted by Crippen LogP contribution is 2.61. The van der Waals surface area contributed by atoms with Crippen molar-refractivity contribution in [2.24, 2.45) is 16.8 Å². The van der Waals surface area contributed by atoms with E-state index in [2.05, 4.69) is 4.99 Å². The number of alkyl halides is 1. The lowest BCUT2D eigenvalue weighted by Gasteiger charge is -2.57. The van der Waals surface area contributed by atoms with Gasteiger partial charge in [0, 0.05) is 4.87 Å². The number of hydrogen-bond donors (Lipinski definition) is 0. The van der Waals surface area contributed by atoms with E-state index in [1.54, 1.807) is 6.08 Å². The molecule has 0 aliphatic heterocycles. The Kier molecular flexibility index (Phi) is 1.67. The van der Waals surface area contributed by atoms with Crippen molar-refractivity contribution in [3.63, 3.8) is 0 Å². The van der Waals surface area contributed by atoms with Gasteiger partial charge in [0.1, 0.15) is 0 Å². The van der Waals surface area contributed by atoms with Gasteiger partial charge in [0.15, 0.2) is 0 Å². The van der Waals surface area contributed by atoms with Crippen LogP contribution >= 0.6 is 11.6 Å². The standard InChI is InChI=1S/C11H14ClNO/c12-10-2-8-1-9(3-10)5-11(4-8,6-10)13-7-14/h8-9H,1-6H2. The fourth-order valence-corrected chi connectivity index (χ4v) is 5.02. The highest BCUT2D eigenvalue weighted by molar-refractivity contribution is 6.24. The van der Waals surface area contributed by atoms with Gasteiger partial charge in [-0.25, -0.2) is 4.79 Å². The molecule has 2 nitrogen and oxygen atoms in total. The van der Waals surface area contributed by atoms with Crippen LogP contribution in [0.1, 0.15) is 38.5 Å². The van der Waals surface area contributed by atoms with Gasteiger partial charge < -0.3 is 0 Å². The molecule has 2 atom stereocenters. The van der Waals surface area contributed by atoms with E-state index in [1.165, 1.54) is 6.42 Å². The van der Waals surface area contributed by atoms with Crippen molar-refractivity contribution in [2.75, 3.05) is 0 Å². The molecule has 0 aromatic heterocycles. The van der Waals surface area contributed by atoms with Gasteiger partial charge in [0.25, 0.3) is 0 Å². The van der Waals surface area contributed by atoms with Gasteiger partial charge in [-0.2, -0.15) is 4.99 Å². The molecule has 76 valence electrons. The Morgan fingerprint density at radius 1 is 1.21 bits per heavy atom. The summed E-state index contributed by atoms with van der Waals surface area (Å²) in [6.45, 7) is 0. The first kappa shape index (κ1) is 8.94. The maximum atomic E-state index is 10.5. The van der Waals surface area contributed by atoms with Crippen molar-refractivity contribution < 1.29 is 4.79 Å². The number of rotatable bonds is 1. The molecule has 0 heterocycles. The molecule has 4 saturated carbocycles. The molecule has 0 saturated heterocycles. The van der Waals surface area contributed by atoms with E-state index in [0.717, 1.165) is 32.1 Å². The molecule has 4 aliphatic carbocycles. The number of nitrogens with zero attached hydrogens (tertiary/aromatic N) is 1. The van der Waals surface area contributed by atoms with Crippen LogP contribution in [0.15, 0.2) is 4.99 Å². The number of halogens is 1. The normalized spacial score (nSPS) is 54.4. The van der Waals surface area contributed by atoms with E-state index in [4.69, 9.17) is 11.6 Å². The van der Waals surface area contributed by atoms with Crippen LogP contribution in [0.25, 0.3) is 0 Å². The summed E-state index contributed by atoms with van der Waals surface area (Å²) in [6, 6.07) is 0. The zero-order valence-corrected chi connectivity index (χ0v) is 8.89. The van der Waals surface area contributed by atoms with Crippen molar-refractivity contribution in [3.8, 4) is 0 Å². The van der Waals surface area contributed by atoms with Crippen LogP contribution in [0.2, 0.25) is 0 Å². The molecule has 4 aliphatic rings. The molecule has 0 N–H and O–H groups in total. The molecule has 0 aromatic carbocycles. The predicted molar refractivity (Wildman–Crippen MR) is 54.1 cm³/mol. The Bertz CT molecular complexity index is 307. The summed E-state index contributed by atoms with van der Waals surface area (Å²) >= 11 is 6.57. The Hall–Kier alpha value is -0.330. The average molecular weight is 212 g/mol. The summed E-state index contributed by atoms with van der Waals surface area (Å²) < 4.78 is 0. The second kappa shape index (κ2) is 2.62. The first-order valence-electron chi connectivity index (χ1n) is 5.41. The van der Waals surface area contributed by atoms with Gasteiger partial charge in [-0.05, 0) is 50.4 Å². The molecule has 4 rings (SSSR count). The number of isocyanates is 1. The van der Waals surface area contributed by atoms with Crippen molar-refractivity contribution in [3.05, 3.63) is 0 Å². The number of carbonyl (C=O) groups excluding carboxylic acids is 1. The number of hydrogen-bond acceptors (Lipinski definition) is 2. The largest absolute Gasteiger partial charge is 0.235 e. The summed E-state index contributed by atoms with van der Waals surface area (Å²) in [5, 5.41) is 0. The average Bonchev–Trinajstić information content (AvgIpc) is 1.97. The minimum atomic E-state index is -0.117. The zero-order chi connectivity index (χ0) is 9.81. The maximum absolute atomic E-state index is 10.5. The van der Waals surface area contributed by atoms with E-state index in [9.17, 15) is 4.79 Å². The minimum absolute atomic E-state index is 0.0373. The van der Waals surface area contributed by atoms with E-state index in [0.29, 0.717) is 11.8 Å². The molecule has 4 fully saturated rings. The van der Waals surface area contributed by atoms with Crippen molar-refractivity contribution in [1.29, 1.82) is 0 Å². The second-order valence-electron chi connectivity index (χ2n) is 5.54. The molecule has 14 heavy (non-hydrogen) atoms. The van der Waals surface area contributed by atoms with Gasteiger partial charge in [-0.1, -0.05) is 0 Å². The van der Waals surface area contributed by atoms with Crippen LogP contribution in [-0.2, 0) is 4.79 Å². The lowest BCUT2D eigenvalue weighted by atomic mass is 9.53. The molecule has 0 spiro atoms. The van der Waals surface area contributed by atoms with Gasteiger partial charge in [0.05, 0.1) is 5.54 Å². The third-order valence-corrected chi connectivity index (χ3v) is 4.68. The lowest BCUT2D eigenvalue weighted by Crippen LogP contribution is -2.55. The third kappa shape index (κ3) is 1.17. The molecule has 0 aromatic rings. The lowest BCUT2D eigenvalue weighted by molar-refractivity contribution is 0.0159. The van der Waals surface area contributed by atoms with Crippen molar-refractivity contribution in [1.82, 2.24) is 0 Å². The number of aliphatic imine (C=N–C) groups is 1. The fraction of sp³-hybridized carbons (Fsp3) is 0.909. The van der Waals surface area contributed by atoms with Crippen LogP contribution in [0.5, 0.6) is 0 Å². The summed E-state index contributed by atoms with van der Waals surface area (Å²) in [5.74, 6) is 1.43. The van der Waals surface area contributed by atoms with E-state index in [-0.39, 0.29) is 10.4 Å². The molecule has 3 heteroatoms. The Morgan fingerprint density at radius 3 is 2.36 bits per heavy atom. The van der Waals surface area contributed by atoms with E-state index < -0.39 is 0 Å². The Balaban J connectivity index is 2.00. The first-order chi connectivity index (χ1) is 6.63. The van der Waals surface area contributed by atoms with Crippen LogP contribution in [0, 0.1) is 11.8 Å². The van der Waals surface area contributed by atoms with Crippen LogP contribution < -0.4 is 0 Å². The van der Waals surface area contributed by atoms with Crippen molar-refractivity contribution in [2.45, 2.75) is 48.9 Å². The quantitative estimate of drug-likeness (QED) is 0.373. The highest BCUT2D eigenvalue weighted by Gasteiger charge is 2.57. The Labute approximate surface area is 88.7 Å². The Morgan fingerprint density at radius 2 is 1.86 bits per heavy atom. The van der Waals surface area contributed by atoms with Gasteiger partial charge >= 0.3 is 0 Å². The third-order valence-electron chi connectivity index (χ3n) is 4.24. The minimum Gasteiger partial charge on any atom is -0.211 e. The predicted octanol–water partition coefficient (Wildman–Crippen LogP) is 2.65. The van der Waals surface area contributed by atoms with Gasteiger partial charge in [0.2, 0.25) is 6.08 Å². The maximum Gasteiger partial charge on any atom is 0.235 e. The van der Waals surface area contributed by atoms with Gasteiger partial charge in [-0.3, -0.25) is 0 Å². The zero-order valence-electron chi connectivity index (χ0n) is 8.13. The molecular weight excluding hydrogens is 198 g/mol. The summed E-state index contributed by atoms with van der Waals surface area (Å²) in [5.41, 5.74) is -0.117. The van der Waals surface area contributed by atoms with Crippen LogP contribution in [0.3, 0.4) is 0 Å². The highest BCUT2D eigenvalue weighted by atomic mass is 35.5.